The first-order valence-corrected chi connectivity index (χ1v) is 8.01. The fourth-order valence-corrected chi connectivity index (χ4v) is 3.23. The van der Waals surface area contributed by atoms with Gasteiger partial charge in [0.05, 0.1) is 22.6 Å². The molecule has 0 radical (unpaired) electrons. The minimum Gasteiger partial charge on any atom is -0.323 e. The van der Waals surface area contributed by atoms with Gasteiger partial charge in [-0.25, -0.2) is 4.98 Å². The highest BCUT2D eigenvalue weighted by Gasteiger charge is 2.25. The van der Waals surface area contributed by atoms with E-state index in [1.54, 1.807) is 23.7 Å². The minimum absolute atomic E-state index is 0.0910. The fraction of sp³-hybridized carbons (Fsp3) is 0.500. The van der Waals surface area contributed by atoms with Crippen molar-refractivity contribution in [2.24, 2.45) is 5.92 Å². The number of hydrogen-bond acceptors (Lipinski definition) is 5. The minimum atomic E-state index is 0.0910. The van der Waals surface area contributed by atoms with Gasteiger partial charge in [-0.2, -0.15) is 5.10 Å². The molecule has 21 heavy (non-hydrogen) atoms. The molecule has 1 aliphatic heterocycles. The number of aryl methyl sites for hydroxylation is 1. The zero-order valence-electron chi connectivity index (χ0n) is 12.0. The Bertz CT molecular complexity index is 586. The van der Waals surface area contributed by atoms with Crippen LogP contribution < -0.4 is 5.32 Å². The van der Waals surface area contributed by atoms with Crippen molar-refractivity contribution in [1.29, 1.82) is 0 Å². The third kappa shape index (κ3) is 3.68. The SMILES string of the molecule is Cc1nc(CN2CCC(C(=O)Nc3cn[nH]c3)CC2)cs1. The Balaban J connectivity index is 1.47. The third-order valence-electron chi connectivity index (χ3n) is 3.78. The van der Waals surface area contributed by atoms with Gasteiger partial charge in [-0.15, -0.1) is 11.3 Å². The van der Waals surface area contributed by atoms with Crippen molar-refractivity contribution in [2.45, 2.75) is 26.3 Å². The van der Waals surface area contributed by atoms with Crippen molar-refractivity contribution in [3.63, 3.8) is 0 Å². The Morgan fingerprint density at radius 2 is 2.33 bits per heavy atom. The number of nitrogens with zero attached hydrogens (tertiary/aromatic N) is 3. The van der Waals surface area contributed by atoms with Crippen molar-refractivity contribution in [1.82, 2.24) is 20.1 Å². The maximum Gasteiger partial charge on any atom is 0.227 e. The van der Waals surface area contributed by atoms with Gasteiger partial charge in [0.15, 0.2) is 0 Å². The molecule has 2 N–H and O–H groups in total. The molecule has 0 bridgehead atoms. The summed E-state index contributed by atoms with van der Waals surface area (Å²) in [4.78, 5) is 19.0. The number of thiazole rings is 1. The molecule has 112 valence electrons. The van der Waals surface area contributed by atoms with Gasteiger partial charge in [0.25, 0.3) is 0 Å². The number of piperidine rings is 1. The Labute approximate surface area is 127 Å². The van der Waals surface area contributed by atoms with E-state index in [1.165, 1.54) is 0 Å². The lowest BCUT2D eigenvalue weighted by atomic mass is 9.96. The number of likely N-dealkylation sites (tertiary alicyclic amines) is 1. The zero-order valence-corrected chi connectivity index (χ0v) is 12.8. The van der Waals surface area contributed by atoms with Gasteiger partial charge in [-0.3, -0.25) is 14.8 Å². The van der Waals surface area contributed by atoms with Gasteiger partial charge in [0.2, 0.25) is 5.91 Å². The van der Waals surface area contributed by atoms with Crippen molar-refractivity contribution in [3.05, 3.63) is 28.5 Å². The summed E-state index contributed by atoms with van der Waals surface area (Å²) in [6.45, 7) is 4.81. The summed E-state index contributed by atoms with van der Waals surface area (Å²) in [5.41, 5.74) is 1.87. The maximum absolute atomic E-state index is 12.2. The van der Waals surface area contributed by atoms with E-state index < -0.39 is 0 Å². The molecule has 0 aliphatic carbocycles. The lowest BCUT2D eigenvalue weighted by Gasteiger charge is -2.30. The van der Waals surface area contributed by atoms with E-state index in [0.29, 0.717) is 0 Å². The summed E-state index contributed by atoms with van der Waals surface area (Å²) >= 11 is 1.69. The van der Waals surface area contributed by atoms with Gasteiger partial charge in [0.1, 0.15) is 0 Å². The normalized spacial score (nSPS) is 17.0. The van der Waals surface area contributed by atoms with Crippen LogP contribution in [0.1, 0.15) is 23.5 Å². The number of aromatic amines is 1. The maximum atomic E-state index is 12.2. The van der Waals surface area contributed by atoms with E-state index in [1.807, 2.05) is 6.92 Å². The molecule has 3 heterocycles. The molecule has 1 aliphatic rings. The summed E-state index contributed by atoms with van der Waals surface area (Å²) in [6, 6.07) is 0. The molecule has 2 aromatic rings. The van der Waals surface area contributed by atoms with Crippen LogP contribution in [-0.2, 0) is 11.3 Å². The first-order chi connectivity index (χ1) is 10.2. The second-order valence-electron chi connectivity index (χ2n) is 5.38. The van der Waals surface area contributed by atoms with Gasteiger partial charge in [-0.05, 0) is 32.9 Å². The van der Waals surface area contributed by atoms with E-state index in [0.717, 1.165) is 48.9 Å². The Kier molecular flexibility index (Phi) is 4.31. The Morgan fingerprint density at radius 3 is 2.95 bits per heavy atom. The topological polar surface area (TPSA) is 73.9 Å². The standard InChI is InChI=1S/C14H19N5OS/c1-10-17-13(9-21-10)8-19-4-2-11(3-5-19)14(20)18-12-6-15-16-7-12/h6-7,9,11H,2-5,8H2,1H3,(H,15,16)(H,18,20). The molecular formula is C14H19N5OS. The van der Waals surface area contributed by atoms with Crippen LogP contribution in [0.25, 0.3) is 0 Å². The molecule has 1 saturated heterocycles. The number of carbonyl (C=O) groups excluding carboxylic acids is 1. The second-order valence-corrected chi connectivity index (χ2v) is 6.45. The molecule has 0 spiro atoms. The van der Waals surface area contributed by atoms with E-state index >= 15 is 0 Å². The molecule has 0 aromatic carbocycles. The molecule has 3 rings (SSSR count). The summed E-state index contributed by atoms with van der Waals surface area (Å²) in [5, 5.41) is 12.6. The number of nitrogens with one attached hydrogen (secondary N) is 2. The number of amides is 1. The highest BCUT2D eigenvalue weighted by Crippen LogP contribution is 2.21. The van der Waals surface area contributed by atoms with Crippen LogP contribution in [0.4, 0.5) is 5.69 Å². The first-order valence-electron chi connectivity index (χ1n) is 7.14. The molecule has 1 fully saturated rings. The fourth-order valence-electron chi connectivity index (χ4n) is 2.63. The van der Waals surface area contributed by atoms with Crippen LogP contribution >= 0.6 is 11.3 Å². The van der Waals surface area contributed by atoms with Crippen LogP contribution in [0.15, 0.2) is 17.8 Å². The smallest absolute Gasteiger partial charge is 0.227 e. The summed E-state index contributed by atoms with van der Waals surface area (Å²) in [7, 11) is 0. The molecule has 6 nitrogen and oxygen atoms in total. The third-order valence-corrected chi connectivity index (χ3v) is 4.60. The second kappa shape index (κ2) is 6.36. The van der Waals surface area contributed by atoms with Crippen LogP contribution in [-0.4, -0.2) is 39.1 Å². The Morgan fingerprint density at radius 1 is 1.52 bits per heavy atom. The number of aromatic nitrogens is 3. The average Bonchev–Trinajstić information content (AvgIpc) is 3.12. The van der Waals surface area contributed by atoms with Crippen molar-refractivity contribution in [3.8, 4) is 0 Å². The number of carbonyl (C=O) groups is 1. The summed E-state index contributed by atoms with van der Waals surface area (Å²) < 4.78 is 0. The lowest BCUT2D eigenvalue weighted by molar-refractivity contribution is -0.121. The summed E-state index contributed by atoms with van der Waals surface area (Å²) in [6.07, 6.45) is 5.11. The van der Waals surface area contributed by atoms with E-state index in [9.17, 15) is 4.79 Å². The monoisotopic (exact) mass is 305 g/mol. The van der Waals surface area contributed by atoms with Gasteiger partial charge in [-0.1, -0.05) is 0 Å². The molecule has 0 unspecified atom stereocenters. The molecule has 7 heteroatoms. The molecular weight excluding hydrogens is 286 g/mol. The molecule has 0 saturated carbocycles. The van der Waals surface area contributed by atoms with Gasteiger partial charge >= 0.3 is 0 Å². The number of rotatable bonds is 4. The predicted molar refractivity (Wildman–Crippen MR) is 82.1 cm³/mol. The van der Waals surface area contributed by atoms with Crippen LogP contribution in [0, 0.1) is 12.8 Å². The van der Waals surface area contributed by atoms with Gasteiger partial charge < -0.3 is 5.32 Å². The van der Waals surface area contributed by atoms with Crippen molar-refractivity contribution < 1.29 is 4.79 Å². The highest BCUT2D eigenvalue weighted by molar-refractivity contribution is 7.09. The highest BCUT2D eigenvalue weighted by atomic mass is 32.1. The zero-order chi connectivity index (χ0) is 14.7. The quantitative estimate of drug-likeness (QED) is 0.906. The van der Waals surface area contributed by atoms with Crippen molar-refractivity contribution in [2.75, 3.05) is 18.4 Å². The predicted octanol–water partition coefficient (Wildman–Crippen LogP) is 2.03. The van der Waals surface area contributed by atoms with Crippen LogP contribution in [0.5, 0.6) is 0 Å². The van der Waals surface area contributed by atoms with E-state index in [4.69, 9.17) is 0 Å². The molecule has 0 atom stereocenters. The number of H-pyrrole nitrogens is 1. The first kappa shape index (κ1) is 14.2. The molecule has 1 amide bonds. The summed E-state index contributed by atoms with van der Waals surface area (Å²) in [5.74, 6) is 0.189. The molecule has 2 aromatic heterocycles. The average molecular weight is 305 g/mol. The van der Waals surface area contributed by atoms with E-state index in [-0.39, 0.29) is 11.8 Å². The lowest BCUT2D eigenvalue weighted by Crippen LogP contribution is -2.37. The Hall–Kier alpha value is -1.73. The van der Waals surface area contributed by atoms with Gasteiger partial charge in [0, 0.05) is 24.0 Å². The van der Waals surface area contributed by atoms with Crippen molar-refractivity contribution >= 4 is 22.9 Å². The van der Waals surface area contributed by atoms with E-state index in [2.05, 4.69) is 30.8 Å². The largest absolute Gasteiger partial charge is 0.323 e. The number of hydrogen-bond donors (Lipinski definition) is 2. The van der Waals surface area contributed by atoms with Crippen LogP contribution in [0.2, 0.25) is 0 Å². The number of anilines is 1. The van der Waals surface area contributed by atoms with Crippen LogP contribution in [0.3, 0.4) is 0 Å².